The van der Waals surface area contributed by atoms with Crippen molar-refractivity contribution in [2.24, 2.45) is 0 Å². The summed E-state index contributed by atoms with van der Waals surface area (Å²) in [7, 11) is 0. The summed E-state index contributed by atoms with van der Waals surface area (Å²) in [6.07, 6.45) is 3.23. The predicted molar refractivity (Wildman–Crippen MR) is 45.0 cm³/mol. The quantitative estimate of drug-likeness (QED) is 0.474. The number of anilines is 2. The molecule has 0 saturated carbocycles. The minimum Gasteiger partial charge on any atom is -0.369 e. The zero-order valence-corrected chi connectivity index (χ0v) is 6.20. The summed E-state index contributed by atoms with van der Waals surface area (Å²) < 4.78 is 0. The average Bonchev–Trinajstić information content (AvgIpc) is 2.58. The van der Waals surface area contributed by atoms with Gasteiger partial charge < -0.3 is 21.4 Å². The van der Waals surface area contributed by atoms with E-state index >= 15 is 0 Å². The molecule has 0 radical (unpaired) electrons. The number of rotatable bonds is 1. The largest absolute Gasteiger partial charge is 0.369 e. The molecule has 0 aliphatic heterocycles. The lowest BCUT2D eigenvalue weighted by molar-refractivity contribution is 1.30. The minimum atomic E-state index is 0.373. The van der Waals surface area contributed by atoms with Gasteiger partial charge in [0.25, 0.3) is 0 Å². The topological polar surface area (TPSA) is 109 Å². The lowest BCUT2D eigenvalue weighted by Gasteiger charge is -1.88. The maximum atomic E-state index is 5.39. The van der Waals surface area contributed by atoms with E-state index in [2.05, 4.69) is 19.9 Å². The van der Waals surface area contributed by atoms with Gasteiger partial charge in [-0.3, -0.25) is 0 Å². The minimum absolute atomic E-state index is 0.373. The van der Waals surface area contributed by atoms with Gasteiger partial charge in [0, 0.05) is 0 Å². The Hall–Kier alpha value is -1.98. The van der Waals surface area contributed by atoms with Gasteiger partial charge in [-0.2, -0.15) is 0 Å². The summed E-state index contributed by atoms with van der Waals surface area (Å²) in [5, 5.41) is 0. The Morgan fingerprint density at radius 3 is 1.58 bits per heavy atom. The Morgan fingerprint density at radius 1 is 0.917 bits per heavy atom. The second kappa shape index (κ2) is 2.26. The third-order valence-electron chi connectivity index (χ3n) is 1.48. The van der Waals surface area contributed by atoms with Crippen molar-refractivity contribution in [3.05, 3.63) is 12.4 Å². The first-order valence-electron chi connectivity index (χ1n) is 3.37. The number of imidazole rings is 2. The molecule has 2 aromatic rings. The van der Waals surface area contributed by atoms with Crippen LogP contribution in [0.5, 0.6) is 0 Å². The van der Waals surface area contributed by atoms with Gasteiger partial charge in [-0.25, -0.2) is 9.97 Å². The van der Waals surface area contributed by atoms with Crippen LogP contribution in [0, 0.1) is 0 Å². The van der Waals surface area contributed by atoms with Crippen molar-refractivity contribution in [1.29, 1.82) is 0 Å². The summed E-state index contributed by atoms with van der Waals surface area (Å²) >= 11 is 0. The SMILES string of the molecule is Nc1ncc(-c2cnc(N)[nH]2)[nH]1. The molecule has 2 heterocycles. The second-order valence-corrected chi connectivity index (χ2v) is 2.36. The van der Waals surface area contributed by atoms with Crippen LogP contribution < -0.4 is 11.5 Å². The van der Waals surface area contributed by atoms with Gasteiger partial charge in [0.15, 0.2) is 11.9 Å². The van der Waals surface area contributed by atoms with E-state index in [1.165, 1.54) is 0 Å². The Morgan fingerprint density at radius 2 is 1.33 bits per heavy atom. The maximum absolute atomic E-state index is 5.39. The van der Waals surface area contributed by atoms with Crippen LogP contribution in [0.1, 0.15) is 0 Å². The molecular weight excluding hydrogens is 156 g/mol. The molecule has 12 heavy (non-hydrogen) atoms. The Balaban J connectivity index is 2.43. The van der Waals surface area contributed by atoms with Crippen molar-refractivity contribution in [1.82, 2.24) is 19.9 Å². The summed E-state index contributed by atoms with van der Waals surface area (Å²) in [5.41, 5.74) is 12.3. The molecule has 0 aliphatic rings. The van der Waals surface area contributed by atoms with Crippen LogP contribution in [0.4, 0.5) is 11.9 Å². The highest BCUT2D eigenvalue weighted by atomic mass is 15.1. The van der Waals surface area contributed by atoms with E-state index in [0.717, 1.165) is 11.4 Å². The standard InChI is InChI=1S/C6H8N6/c7-5-9-1-3(11-5)4-2-10-6(8)12-4/h1-2H,(H3,7,9,11)(H3,8,10,12). The highest BCUT2D eigenvalue weighted by Gasteiger charge is 2.02. The molecule has 0 aromatic carbocycles. The molecule has 2 aromatic heterocycles. The summed E-state index contributed by atoms with van der Waals surface area (Å²) in [4.78, 5) is 13.4. The molecule has 6 N–H and O–H groups in total. The van der Waals surface area contributed by atoms with E-state index in [9.17, 15) is 0 Å². The smallest absolute Gasteiger partial charge is 0.197 e. The van der Waals surface area contributed by atoms with Gasteiger partial charge in [0.1, 0.15) is 0 Å². The van der Waals surface area contributed by atoms with Gasteiger partial charge >= 0.3 is 0 Å². The van der Waals surface area contributed by atoms with Crippen molar-refractivity contribution in [2.45, 2.75) is 0 Å². The second-order valence-electron chi connectivity index (χ2n) is 2.36. The number of aromatic nitrogens is 4. The fraction of sp³-hybridized carbons (Fsp3) is 0. The van der Waals surface area contributed by atoms with Crippen LogP contribution in [-0.2, 0) is 0 Å². The van der Waals surface area contributed by atoms with Crippen LogP contribution in [0.2, 0.25) is 0 Å². The fourth-order valence-corrected chi connectivity index (χ4v) is 0.947. The van der Waals surface area contributed by atoms with Gasteiger partial charge in [-0.05, 0) is 0 Å². The molecule has 0 saturated heterocycles. The molecule has 62 valence electrons. The molecule has 0 atom stereocenters. The van der Waals surface area contributed by atoms with Crippen LogP contribution in [0.25, 0.3) is 11.4 Å². The number of nitrogens with one attached hydrogen (secondary N) is 2. The van der Waals surface area contributed by atoms with E-state index < -0.39 is 0 Å². The van der Waals surface area contributed by atoms with Gasteiger partial charge in [0.2, 0.25) is 0 Å². The third kappa shape index (κ3) is 0.986. The van der Waals surface area contributed by atoms with Crippen LogP contribution in [-0.4, -0.2) is 19.9 Å². The van der Waals surface area contributed by atoms with E-state index in [1.54, 1.807) is 12.4 Å². The number of hydrogen-bond acceptors (Lipinski definition) is 4. The lowest BCUT2D eigenvalue weighted by Crippen LogP contribution is -1.87. The Labute approximate surface area is 68.0 Å². The molecular formula is C6H8N6. The molecule has 0 fully saturated rings. The number of hydrogen-bond donors (Lipinski definition) is 4. The third-order valence-corrected chi connectivity index (χ3v) is 1.48. The zero-order chi connectivity index (χ0) is 8.55. The first kappa shape index (κ1) is 6.71. The van der Waals surface area contributed by atoms with E-state index in [-0.39, 0.29) is 0 Å². The van der Waals surface area contributed by atoms with Gasteiger partial charge in [-0.15, -0.1) is 0 Å². The zero-order valence-electron chi connectivity index (χ0n) is 6.20. The monoisotopic (exact) mass is 164 g/mol. The summed E-state index contributed by atoms with van der Waals surface area (Å²) in [5.74, 6) is 0.747. The number of nitrogens with zero attached hydrogens (tertiary/aromatic N) is 2. The number of aromatic amines is 2. The molecule has 2 rings (SSSR count). The van der Waals surface area contributed by atoms with Crippen molar-refractivity contribution in [2.75, 3.05) is 11.5 Å². The molecule has 6 nitrogen and oxygen atoms in total. The van der Waals surface area contributed by atoms with Gasteiger partial charge in [-0.1, -0.05) is 0 Å². The number of nitrogens with two attached hydrogens (primary N) is 2. The Bertz CT molecular complexity index is 348. The van der Waals surface area contributed by atoms with Crippen molar-refractivity contribution in [3.8, 4) is 11.4 Å². The molecule has 0 bridgehead atoms. The van der Waals surface area contributed by atoms with Crippen LogP contribution in [0.15, 0.2) is 12.4 Å². The number of H-pyrrole nitrogens is 2. The summed E-state index contributed by atoms with van der Waals surface area (Å²) in [6, 6.07) is 0. The summed E-state index contributed by atoms with van der Waals surface area (Å²) in [6.45, 7) is 0. The van der Waals surface area contributed by atoms with Crippen LogP contribution in [0.3, 0.4) is 0 Å². The molecule has 0 unspecified atom stereocenters. The lowest BCUT2D eigenvalue weighted by atomic mass is 10.4. The highest BCUT2D eigenvalue weighted by molar-refractivity contribution is 5.55. The molecule has 6 heteroatoms. The van der Waals surface area contributed by atoms with Crippen LogP contribution >= 0.6 is 0 Å². The van der Waals surface area contributed by atoms with Crippen molar-refractivity contribution < 1.29 is 0 Å². The highest BCUT2D eigenvalue weighted by Crippen LogP contribution is 2.14. The average molecular weight is 164 g/mol. The molecule has 0 aliphatic carbocycles. The first-order valence-corrected chi connectivity index (χ1v) is 3.37. The van der Waals surface area contributed by atoms with E-state index in [0.29, 0.717) is 11.9 Å². The van der Waals surface area contributed by atoms with Crippen molar-refractivity contribution in [3.63, 3.8) is 0 Å². The fourth-order valence-electron chi connectivity index (χ4n) is 0.947. The van der Waals surface area contributed by atoms with E-state index in [1.807, 2.05) is 0 Å². The van der Waals surface area contributed by atoms with Crippen molar-refractivity contribution >= 4 is 11.9 Å². The molecule has 0 amide bonds. The van der Waals surface area contributed by atoms with Gasteiger partial charge in [0.05, 0.1) is 23.8 Å². The normalized spacial score (nSPS) is 10.3. The predicted octanol–water partition coefficient (Wildman–Crippen LogP) is -0.0358. The van der Waals surface area contributed by atoms with E-state index in [4.69, 9.17) is 11.5 Å². The number of nitrogen functional groups attached to an aromatic ring is 2. The first-order chi connectivity index (χ1) is 5.75. The maximum Gasteiger partial charge on any atom is 0.197 e. The Kier molecular flexibility index (Phi) is 1.26. The molecule has 0 spiro atoms.